The number of rotatable bonds is 7. The van der Waals surface area contributed by atoms with E-state index in [1.807, 2.05) is 0 Å². The fourth-order valence-electron chi connectivity index (χ4n) is 1.94. The van der Waals surface area contributed by atoms with Crippen molar-refractivity contribution < 1.29 is 9.59 Å². The van der Waals surface area contributed by atoms with Crippen molar-refractivity contribution >= 4 is 23.4 Å². The monoisotopic (exact) mass is 260 g/mol. The van der Waals surface area contributed by atoms with Gasteiger partial charge in [-0.2, -0.15) is 0 Å². The Hall–Kier alpha value is -0.770. The highest BCUT2D eigenvalue weighted by Gasteiger charge is 2.33. The summed E-state index contributed by atoms with van der Waals surface area (Å²) in [5.74, 6) is 0.472. The van der Waals surface area contributed by atoms with Crippen LogP contribution in [0.25, 0.3) is 0 Å². The summed E-state index contributed by atoms with van der Waals surface area (Å²) in [5, 5.41) is 2.82. The third-order valence-corrected chi connectivity index (χ3v) is 3.24. The Kier molecular flexibility index (Phi) is 6.34. The number of nitrogens with zero attached hydrogens (tertiary/aromatic N) is 1. The number of alkyl halides is 1. The zero-order chi connectivity index (χ0) is 12.7. The Balaban J connectivity index is 2.31. The maximum atomic E-state index is 11.8. The lowest BCUT2D eigenvalue weighted by Gasteiger charge is -2.15. The molecule has 5 heteroatoms. The first-order chi connectivity index (χ1) is 8.19. The van der Waals surface area contributed by atoms with Gasteiger partial charge in [0.2, 0.25) is 11.8 Å². The number of unbranched alkanes of at least 4 members (excludes halogenated alkanes) is 1. The first kappa shape index (κ1) is 14.3. The van der Waals surface area contributed by atoms with Gasteiger partial charge < -0.3 is 10.2 Å². The third-order valence-electron chi connectivity index (χ3n) is 2.98. The molecule has 1 heterocycles. The van der Waals surface area contributed by atoms with Crippen molar-refractivity contribution in [2.45, 2.75) is 32.6 Å². The van der Waals surface area contributed by atoms with Crippen molar-refractivity contribution in [3.05, 3.63) is 0 Å². The Bertz CT molecular complexity index is 271. The molecule has 0 radical (unpaired) electrons. The van der Waals surface area contributed by atoms with Gasteiger partial charge in [0, 0.05) is 31.9 Å². The van der Waals surface area contributed by atoms with Crippen molar-refractivity contribution in [3.63, 3.8) is 0 Å². The zero-order valence-corrected chi connectivity index (χ0v) is 11.1. The summed E-state index contributed by atoms with van der Waals surface area (Å²) >= 11 is 5.53. The molecule has 1 rings (SSSR count). The number of carbonyl (C=O) groups is 2. The van der Waals surface area contributed by atoms with Crippen LogP contribution in [-0.2, 0) is 9.59 Å². The summed E-state index contributed by atoms with van der Waals surface area (Å²) in [6.07, 6.45) is 3.20. The van der Waals surface area contributed by atoms with Crippen LogP contribution in [-0.4, -0.2) is 42.2 Å². The van der Waals surface area contributed by atoms with Crippen molar-refractivity contribution in [3.8, 4) is 0 Å². The van der Waals surface area contributed by atoms with Crippen molar-refractivity contribution in [2.75, 3.05) is 25.5 Å². The molecule has 1 unspecified atom stereocenters. The highest BCUT2D eigenvalue weighted by molar-refractivity contribution is 6.17. The van der Waals surface area contributed by atoms with Gasteiger partial charge in [-0.05, 0) is 12.8 Å². The minimum absolute atomic E-state index is 0.0116. The van der Waals surface area contributed by atoms with Crippen LogP contribution in [0.1, 0.15) is 32.6 Å². The summed E-state index contributed by atoms with van der Waals surface area (Å²) in [7, 11) is 0. The van der Waals surface area contributed by atoms with Crippen LogP contribution >= 0.6 is 11.6 Å². The molecule has 0 spiro atoms. The van der Waals surface area contributed by atoms with Crippen LogP contribution < -0.4 is 5.32 Å². The fraction of sp³-hybridized carbons (Fsp3) is 0.833. The van der Waals surface area contributed by atoms with E-state index in [1.165, 1.54) is 0 Å². The molecular weight excluding hydrogens is 240 g/mol. The molecule has 1 aliphatic rings. The van der Waals surface area contributed by atoms with E-state index in [4.69, 9.17) is 11.6 Å². The number of nitrogens with one attached hydrogen (secondary N) is 1. The number of halogens is 1. The molecule has 2 amide bonds. The molecule has 1 N–H and O–H groups in total. The van der Waals surface area contributed by atoms with E-state index in [0.717, 1.165) is 25.8 Å². The summed E-state index contributed by atoms with van der Waals surface area (Å²) < 4.78 is 0. The van der Waals surface area contributed by atoms with Gasteiger partial charge in [-0.1, -0.05) is 13.3 Å². The molecule has 1 aliphatic heterocycles. The fourth-order valence-corrected chi connectivity index (χ4v) is 2.07. The van der Waals surface area contributed by atoms with Gasteiger partial charge in [-0.25, -0.2) is 0 Å². The highest BCUT2D eigenvalue weighted by atomic mass is 35.5. The van der Waals surface area contributed by atoms with E-state index in [0.29, 0.717) is 25.4 Å². The quantitative estimate of drug-likeness (QED) is 0.555. The SMILES string of the molecule is CCCCN1CC(C(=O)NCCCCl)CC1=O. The highest BCUT2D eigenvalue weighted by Crippen LogP contribution is 2.18. The van der Waals surface area contributed by atoms with Crippen LogP contribution in [0.4, 0.5) is 0 Å². The molecule has 1 atom stereocenters. The Morgan fingerprint density at radius 3 is 2.94 bits per heavy atom. The molecule has 0 aromatic heterocycles. The molecule has 0 saturated carbocycles. The molecule has 98 valence electrons. The van der Waals surface area contributed by atoms with Gasteiger partial charge in [0.05, 0.1) is 5.92 Å². The molecule has 0 aromatic carbocycles. The normalized spacial score (nSPS) is 19.8. The summed E-state index contributed by atoms with van der Waals surface area (Å²) in [4.78, 5) is 25.2. The molecule has 17 heavy (non-hydrogen) atoms. The van der Waals surface area contributed by atoms with E-state index in [-0.39, 0.29) is 17.7 Å². The zero-order valence-electron chi connectivity index (χ0n) is 10.4. The molecule has 1 fully saturated rings. The molecule has 4 nitrogen and oxygen atoms in total. The van der Waals surface area contributed by atoms with Crippen molar-refractivity contribution in [1.82, 2.24) is 10.2 Å². The van der Waals surface area contributed by atoms with Gasteiger partial charge in [-0.3, -0.25) is 9.59 Å². The Morgan fingerprint density at radius 2 is 2.29 bits per heavy atom. The van der Waals surface area contributed by atoms with E-state index in [2.05, 4.69) is 12.2 Å². The second kappa shape index (κ2) is 7.54. The smallest absolute Gasteiger partial charge is 0.225 e. The first-order valence-electron chi connectivity index (χ1n) is 6.30. The van der Waals surface area contributed by atoms with Crippen molar-refractivity contribution in [2.24, 2.45) is 5.92 Å². The van der Waals surface area contributed by atoms with E-state index in [1.54, 1.807) is 4.90 Å². The van der Waals surface area contributed by atoms with E-state index >= 15 is 0 Å². The molecular formula is C12H21ClN2O2. The van der Waals surface area contributed by atoms with Gasteiger partial charge in [0.15, 0.2) is 0 Å². The molecule has 0 bridgehead atoms. The standard InChI is InChI=1S/C12H21ClN2O2/c1-2-3-7-15-9-10(8-11(15)16)12(17)14-6-4-5-13/h10H,2-9H2,1H3,(H,14,17). The maximum Gasteiger partial charge on any atom is 0.225 e. The van der Waals surface area contributed by atoms with E-state index < -0.39 is 0 Å². The molecule has 0 aromatic rings. The second-order valence-corrected chi connectivity index (χ2v) is 4.81. The van der Waals surface area contributed by atoms with Crippen LogP contribution in [0.3, 0.4) is 0 Å². The van der Waals surface area contributed by atoms with Crippen LogP contribution in [0, 0.1) is 5.92 Å². The van der Waals surface area contributed by atoms with Gasteiger partial charge in [0.25, 0.3) is 0 Å². The number of hydrogen-bond acceptors (Lipinski definition) is 2. The third kappa shape index (κ3) is 4.54. The second-order valence-electron chi connectivity index (χ2n) is 4.43. The van der Waals surface area contributed by atoms with Crippen molar-refractivity contribution in [1.29, 1.82) is 0 Å². The predicted molar refractivity (Wildman–Crippen MR) is 67.9 cm³/mol. The van der Waals surface area contributed by atoms with Crippen LogP contribution in [0.5, 0.6) is 0 Å². The summed E-state index contributed by atoms with van der Waals surface area (Å²) in [5.41, 5.74) is 0. The van der Waals surface area contributed by atoms with E-state index in [9.17, 15) is 9.59 Å². The topological polar surface area (TPSA) is 49.4 Å². The minimum Gasteiger partial charge on any atom is -0.356 e. The average Bonchev–Trinajstić information content (AvgIpc) is 2.68. The summed E-state index contributed by atoms with van der Waals surface area (Å²) in [6.45, 7) is 4.05. The molecule has 1 saturated heterocycles. The Morgan fingerprint density at radius 1 is 1.53 bits per heavy atom. The number of likely N-dealkylation sites (tertiary alicyclic amines) is 1. The number of hydrogen-bond donors (Lipinski definition) is 1. The van der Waals surface area contributed by atoms with Gasteiger partial charge in [-0.15, -0.1) is 11.6 Å². The predicted octanol–water partition coefficient (Wildman–Crippen LogP) is 1.38. The first-order valence-corrected chi connectivity index (χ1v) is 6.84. The average molecular weight is 261 g/mol. The Labute approximate surface area is 108 Å². The lowest BCUT2D eigenvalue weighted by Crippen LogP contribution is -2.33. The number of carbonyl (C=O) groups excluding carboxylic acids is 2. The number of amides is 2. The van der Waals surface area contributed by atoms with Gasteiger partial charge in [0.1, 0.15) is 0 Å². The largest absolute Gasteiger partial charge is 0.356 e. The molecule has 0 aliphatic carbocycles. The van der Waals surface area contributed by atoms with Gasteiger partial charge >= 0.3 is 0 Å². The van der Waals surface area contributed by atoms with Crippen LogP contribution in [0.15, 0.2) is 0 Å². The summed E-state index contributed by atoms with van der Waals surface area (Å²) in [6, 6.07) is 0. The minimum atomic E-state index is -0.172. The lowest BCUT2D eigenvalue weighted by atomic mass is 10.1. The lowest BCUT2D eigenvalue weighted by molar-refractivity contribution is -0.129. The maximum absolute atomic E-state index is 11.8. The van der Waals surface area contributed by atoms with Crippen LogP contribution in [0.2, 0.25) is 0 Å².